The van der Waals surface area contributed by atoms with E-state index in [-0.39, 0.29) is 18.1 Å². The molecule has 0 bridgehead atoms. The van der Waals surface area contributed by atoms with Gasteiger partial charge in [0.1, 0.15) is 11.9 Å². The molecule has 2 N–H and O–H groups in total. The molecule has 4 heterocycles. The summed E-state index contributed by atoms with van der Waals surface area (Å²) in [7, 11) is 3.76. The minimum Gasteiger partial charge on any atom is -0.351 e. The first-order valence-electron chi connectivity index (χ1n) is 16.0. The standard InChI is InChI=1S/C36H35N11O/c1-45-23-29(21-41-45)26-10-15-33(38-19-26)47(36(48)40-18-24-6-4-3-5-7-24)31-13-11-30(12-14-31)42-35-39-20-28(17-37)34(43-35)25-8-9-27-22-46(2)44-32(27)16-25/h3-10,15-16,19-23,30-31H,11-14,18H2,1-2H3,(H,40,48)(H,39,42,43)/t30-,31-. The Morgan fingerprint density at radius 1 is 0.917 bits per heavy atom. The number of hydrogen-bond donors (Lipinski definition) is 2. The van der Waals surface area contributed by atoms with Crippen LogP contribution < -0.4 is 15.5 Å². The number of rotatable bonds is 8. The Morgan fingerprint density at radius 3 is 2.46 bits per heavy atom. The fourth-order valence-electron chi connectivity index (χ4n) is 6.29. The number of aromatic nitrogens is 7. The smallest absolute Gasteiger partial charge is 0.323 e. The lowest BCUT2D eigenvalue weighted by molar-refractivity contribution is 0.240. The second kappa shape index (κ2) is 13.3. The van der Waals surface area contributed by atoms with Crippen molar-refractivity contribution in [1.29, 1.82) is 5.26 Å². The van der Waals surface area contributed by atoms with Gasteiger partial charge in [-0.2, -0.15) is 15.5 Å². The quantitative estimate of drug-likeness (QED) is 0.212. The van der Waals surface area contributed by atoms with Gasteiger partial charge in [-0.3, -0.25) is 14.3 Å². The third-order valence-corrected chi connectivity index (χ3v) is 8.74. The number of carbonyl (C=O) groups is 1. The second-order valence-corrected chi connectivity index (χ2v) is 12.1. The van der Waals surface area contributed by atoms with Gasteiger partial charge in [0.2, 0.25) is 5.95 Å². The highest BCUT2D eigenvalue weighted by molar-refractivity contribution is 5.92. The van der Waals surface area contributed by atoms with E-state index in [4.69, 9.17) is 9.97 Å². The van der Waals surface area contributed by atoms with E-state index in [1.165, 1.54) is 0 Å². The van der Waals surface area contributed by atoms with Crippen LogP contribution in [0.25, 0.3) is 33.3 Å². The van der Waals surface area contributed by atoms with Crippen molar-refractivity contribution in [2.24, 2.45) is 14.1 Å². The molecule has 0 saturated heterocycles. The molecule has 12 nitrogen and oxygen atoms in total. The van der Waals surface area contributed by atoms with E-state index in [1.807, 2.05) is 87.2 Å². The van der Waals surface area contributed by atoms with Crippen molar-refractivity contribution in [2.45, 2.75) is 44.3 Å². The molecule has 0 spiro atoms. The third kappa shape index (κ3) is 6.57. The highest BCUT2D eigenvalue weighted by Crippen LogP contribution is 2.31. The van der Waals surface area contributed by atoms with Gasteiger partial charge in [-0.1, -0.05) is 42.5 Å². The zero-order valence-electron chi connectivity index (χ0n) is 26.8. The van der Waals surface area contributed by atoms with Gasteiger partial charge in [0.05, 0.1) is 29.2 Å². The minimum atomic E-state index is -0.179. The highest BCUT2D eigenvalue weighted by atomic mass is 16.2. The molecule has 6 aromatic rings. The molecule has 1 saturated carbocycles. The number of urea groups is 1. The normalized spacial score (nSPS) is 15.9. The predicted octanol–water partition coefficient (Wildman–Crippen LogP) is 5.84. The van der Waals surface area contributed by atoms with E-state index in [2.05, 4.69) is 31.9 Å². The molecule has 12 heteroatoms. The Hall–Kier alpha value is -6.09. The van der Waals surface area contributed by atoms with Gasteiger partial charge in [0.25, 0.3) is 0 Å². The van der Waals surface area contributed by atoms with Crippen LogP contribution in [0.5, 0.6) is 0 Å². The van der Waals surface area contributed by atoms with Crippen LogP contribution in [-0.4, -0.2) is 52.6 Å². The summed E-state index contributed by atoms with van der Waals surface area (Å²) in [5.74, 6) is 1.08. The SMILES string of the molecule is Cn1cc(-c2ccc(N(C(=O)NCc3ccccc3)[C@H]3CC[C@H](Nc4ncc(C#N)c(-c5ccc6cn(C)nc6c5)n4)CC3)nc2)cn1. The number of carbonyl (C=O) groups excluding carboxylic acids is 1. The fourth-order valence-corrected chi connectivity index (χ4v) is 6.29. The number of aryl methyl sites for hydroxylation is 2. The Labute approximate surface area is 278 Å². The van der Waals surface area contributed by atoms with Gasteiger partial charge in [-0.15, -0.1) is 0 Å². The summed E-state index contributed by atoms with van der Waals surface area (Å²) in [4.78, 5) is 29.5. The molecule has 4 aromatic heterocycles. The molecular weight excluding hydrogens is 602 g/mol. The monoisotopic (exact) mass is 637 g/mol. The molecular formula is C36H35N11O. The molecule has 2 amide bonds. The van der Waals surface area contributed by atoms with Gasteiger partial charge >= 0.3 is 6.03 Å². The van der Waals surface area contributed by atoms with Crippen LogP contribution in [0.15, 0.2) is 91.6 Å². The molecule has 7 rings (SSSR count). The lowest BCUT2D eigenvalue weighted by Crippen LogP contribution is -2.49. The number of benzene rings is 2. The van der Waals surface area contributed by atoms with Crippen molar-refractivity contribution >= 4 is 28.7 Å². The Kier molecular flexibility index (Phi) is 8.49. The number of amides is 2. The summed E-state index contributed by atoms with van der Waals surface area (Å²) >= 11 is 0. The largest absolute Gasteiger partial charge is 0.351 e. The summed E-state index contributed by atoms with van der Waals surface area (Å²) < 4.78 is 3.52. The molecule has 240 valence electrons. The topological polar surface area (TPSA) is 142 Å². The predicted molar refractivity (Wildman–Crippen MR) is 184 cm³/mol. The average Bonchev–Trinajstić information content (AvgIpc) is 3.73. The van der Waals surface area contributed by atoms with E-state index >= 15 is 0 Å². The van der Waals surface area contributed by atoms with Crippen molar-refractivity contribution in [2.75, 3.05) is 10.2 Å². The number of fused-ring (bicyclic) bond motifs is 1. The zero-order chi connectivity index (χ0) is 33.0. The Balaban J connectivity index is 1.07. The zero-order valence-corrected chi connectivity index (χ0v) is 26.8. The van der Waals surface area contributed by atoms with E-state index in [0.29, 0.717) is 29.6 Å². The van der Waals surface area contributed by atoms with Gasteiger partial charge in [0.15, 0.2) is 0 Å². The minimum absolute atomic E-state index is 0.0434. The van der Waals surface area contributed by atoms with Crippen LogP contribution in [0.1, 0.15) is 36.8 Å². The molecule has 0 radical (unpaired) electrons. The first-order valence-corrected chi connectivity index (χ1v) is 16.0. The van der Waals surface area contributed by atoms with Gasteiger partial charge in [0, 0.05) is 73.4 Å². The number of hydrogen-bond acceptors (Lipinski definition) is 8. The van der Waals surface area contributed by atoms with Crippen LogP contribution >= 0.6 is 0 Å². The summed E-state index contributed by atoms with van der Waals surface area (Å²) in [5.41, 5.74) is 5.55. The van der Waals surface area contributed by atoms with Crippen molar-refractivity contribution in [3.8, 4) is 28.5 Å². The summed E-state index contributed by atoms with van der Waals surface area (Å²) in [5, 5.41) is 26.2. The van der Waals surface area contributed by atoms with E-state index < -0.39 is 0 Å². The maximum absolute atomic E-state index is 13.8. The Morgan fingerprint density at radius 2 is 1.73 bits per heavy atom. The molecule has 1 aliphatic carbocycles. The maximum Gasteiger partial charge on any atom is 0.323 e. The van der Waals surface area contributed by atoms with Crippen molar-refractivity contribution < 1.29 is 4.79 Å². The third-order valence-electron chi connectivity index (χ3n) is 8.74. The first-order chi connectivity index (χ1) is 23.4. The van der Waals surface area contributed by atoms with Crippen LogP contribution in [0.2, 0.25) is 0 Å². The van der Waals surface area contributed by atoms with Crippen molar-refractivity contribution in [1.82, 2.24) is 39.8 Å². The number of nitrogens with one attached hydrogen (secondary N) is 2. The molecule has 2 aromatic carbocycles. The van der Waals surface area contributed by atoms with Gasteiger partial charge in [-0.25, -0.2) is 19.7 Å². The van der Waals surface area contributed by atoms with Crippen molar-refractivity contribution in [3.05, 3.63) is 103 Å². The Bertz CT molecular complexity index is 2090. The summed E-state index contributed by atoms with van der Waals surface area (Å²) in [6.07, 6.45) is 12.2. The molecule has 0 unspecified atom stereocenters. The fraction of sp³-hybridized carbons (Fsp3) is 0.250. The molecule has 0 aliphatic heterocycles. The first kappa shape index (κ1) is 30.6. The van der Waals surface area contributed by atoms with Gasteiger partial charge in [-0.05, 0) is 49.4 Å². The van der Waals surface area contributed by atoms with Crippen LogP contribution in [-0.2, 0) is 20.6 Å². The molecule has 0 atom stereocenters. The number of pyridine rings is 1. The summed E-state index contributed by atoms with van der Waals surface area (Å²) in [6.45, 7) is 0.423. The van der Waals surface area contributed by atoms with Crippen LogP contribution in [0.4, 0.5) is 16.6 Å². The number of nitriles is 1. The average molecular weight is 638 g/mol. The number of nitrogens with zero attached hydrogens (tertiary/aromatic N) is 9. The van der Waals surface area contributed by atoms with E-state index in [9.17, 15) is 10.1 Å². The lowest BCUT2D eigenvalue weighted by atomic mass is 9.90. The maximum atomic E-state index is 13.8. The van der Waals surface area contributed by atoms with Crippen LogP contribution in [0.3, 0.4) is 0 Å². The number of anilines is 2. The second-order valence-electron chi connectivity index (χ2n) is 12.1. The summed E-state index contributed by atoms with van der Waals surface area (Å²) in [6, 6.07) is 21.8. The van der Waals surface area contributed by atoms with Crippen LogP contribution in [0, 0.1) is 11.3 Å². The molecule has 48 heavy (non-hydrogen) atoms. The van der Waals surface area contributed by atoms with Gasteiger partial charge < -0.3 is 10.6 Å². The van der Waals surface area contributed by atoms with Crippen molar-refractivity contribution in [3.63, 3.8) is 0 Å². The molecule has 1 fully saturated rings. The molecule has 1 aliphatic rings. The van der Waals surface area contributed by atoms with E-state index in [1.54, 1.807) is 32.9 Å². The highest BCUT2D eigenvalue weighted by Gasteiger charge is 2.31. The lowest BCUT2D eigenvalue weighted by Gasteiger charge is -2.36. The van der Waals surface area contributed by atoms with E-state index in [0.717, 1.165) is 58.8 Å².